The lowest BCUT2D eigenvalue weighted by Gasteiger charge is -2.10. The first-order chi connectivity index (χ1) is 7.36. The predicted octanol–water partition coefficient (Wildman–Crippen LogP) is 1.72. The molecule has 0 aliphatic rings. The lowest BCUT2D eigenvalue weighted by atomic mass is 10.1. The van der Waals surface area contributed by atoms with E-state index in [4.69, 9.17) is 5.73 Å². The first kappa shape index (κ1) is 9.80. The van der Waals surface area contributed by atoms with Crippen molar-refractivity contribution < 1.29 is 0 Å². The molecule has 0 bridgehead atoms. The molecule has 76 valence electrons. The van der Waals surface area contributed by atoms with Crippen LogP contribution in [0.3, 0.4) is 0 Å². The lowest BCUT2D eigenvalue weighted by Crippen LogP contribution is -2.14. The Morgan fingerprint density at radius 2 is 1.87 bits per heavy atom. The maximum absolute atomic E-state index is 6.04. The van der Waals surface area contributed by atoms with Gasteiger partial charge in [0.05, 0.1) is 11.7 Å². The van der Waals surface area contributed by atoms with Gasteiger partial charge >= 0.3 is 0 Å². The Hall–Kier alpha value is -1.74. The minimum atomic E-state index is -0.0476. The van der Waals surface area contributed by atoms with Crippen LogP contribution < -0.4 is 5.73 Å². The average Bonchev–Trinajstić information content (AvgIpc) is 2.31. The molecule has 0 saturated heterocycles. The van der Waals surface area contributed by atoms with Gasteiger partial charge in [-0.1, -0.05) is 6.07 Å². The van der Waals surface area contributed by atoms with Crippen LogP contribution in [-0.2, 0) is 6.42 Å². The monoisotopic (exact) mass is 199 g/mol. The smallest absolute Gasteiger partial charge is 0.0574 e. The number of hydrogen-bond acceptors (Lipinski definition) is 3. The van der Waals surface area contributed by atoms with Crippen molar-refractivity contribution in [3.8, 4) is 0 Å². The van der Waals surface area contributed by atoms with Crippen LogP contribution in [0.1, 0.15) is 17.3 Å². The zero-order chi connectivity index (χ0) is 10.5. The number of pyridine rings is 2. The van der Waals surface area contributed by atoms with E-state index in [0.717, 1.165) is 12.1 Å². The number of nitrogens with zero attached hydrogens (tertiary/aromatic N) is 2. The summed E-state index contributed by atoms with van der Waals surface area (Å²) in [7, 11) is 0. The molecule has 2 heterocycles. The van der Waals surface area contributed by atoms with E-state index in [1.165, 1.54) is 5.56 Å². The summed E-state index contributed by atoms with van der Waals surface area (Å²) in [6.07, 6.45) is 6.11. The zero-order valence-corrected chi connectivity index (χ0v) is 8.38. The zero-order valence-electron chi connectivity index (χ0n) is 8.38. The third kappa shape index (κ3) is 2.60. The van der Waals surface area contributed by atoms with E-state index in [2.05, 4.69) is 9.97 Å². The molecule has 3 nitrogen and oxygen atoms in total. The number of rotatable bonds is 3. The maximum Gasteiger partial charge on any atom is 0.0574 e. The molecule has 2 aromatic rings. The summed E-state index contributed by atoms with van der Waals surface area (Å²) >= 11 is 0. The Labute approximate surface area is 89.0 Å². The van der Waals surface area contributed by atoms with Gasteiger partial charge in [-0.05, 0) is 36.2 Å². The van der Waals surface area contributed by atoms with Crippen LogP contribution in [0.2, 0.25) is 0 Å². The average molecular weight is 199 g/mol. The van der Waals surface area contributed by atoms with Crippen LogP contribution >= 0.6 is 0 Å². The third-order valence-corrected chi connectivity index (χ3v) is 2.27. The van der Waals surface area contributed by atoms with Crippen LogP contribution in [0.15, 0.2) is 48.9 Å². The Balaban J connectivity index is 2.08. The van der Waals surface area contributed by atoms with Gasteiger partial charge in [0, 0.05) is 18.6 Å². The highest BCUT2D eigenvalue weighted by Gasteiger charge is 2.07. The molecular formula is C12H13N3. The second-order valence-corrected chi connectivity index (χ2v) is 3.42. The van der Waals surface area contributed by atoms with Gasteiger partial charge in [-0.25, -0.2) is 0 Å². The molecule has 0 unspecified atom stereocenters. The first-order valence-electron chi connectivity index (χ1n) is 4.91. The van der Waals surface area contributed by atoms with Crippen molar-refractivity contribution in [1.82, 2.24) is 9.97 Å². The van der Waals surface area contributed by atoms with Gasteiger partial charge in [0.15, 0.2) is 0 Å². The van der Waals surface area contributed by atoms with Gasteiger partial charge in [0.25, 0.3) is 0 Å². The lowest BCUT2D eigenvalue weighted by molar-refractivity contribution is 0.696. The largest absolute Gasteiger partial charge is 0.322 e. The Morgan fingerprint density at radius 3 is 2.53 bits per heavy atom. The molecule has 0 aliphatic carbocycles. The highest BCUT2D eigenvalue weighted by atomic mass is 14.8. The normalized spacial score (nSPS) is 12.3. The van der Waals surface area contributed by atoms with Gasteiger partial charge in [-0.3, -0.25) is 9.97 Å². The van der Waals surface area contributed by atoms with Gasteiger partial charge in [0.1, 0.15) is 0 Å². The number of aromatic nitrogens is 2. The van der Waals surface area contributed by atoms with E-state index >= 15 is 0 Å². The second kappa shape index (κ2) is 4.66. The van der Waals surface area contributed by atoms with Crippen LogP contribution in [0, 0.1) is 0 Å². The highest BCUT2D eigenvalue weighted by Crippen LogP contribution is 2.12. The fourth-order valence-corrected chi connectivity index (χ4v) is 1.47. The number of nitrogens with two attached hydrogens (primary N) is 1. The molecule has 0 aromatic carbocycles. The fraction of sp³-hybridized carbons (Fsp3) is 0.167. The Kier molecular flexibility index (Phi) is 3.05. The van der Waals surface area contributed by atoms with E-state index in [1.807, 2.05) is 30.3 Å². The quantitative estimate of drug-likeness (QED) is 0.818. The molecule has 2 rings (SSSR count). The number of hydrogen-bond donors (Lipinski definition) is 1. The summed E-state index contributed by atoms with van der Waals surface area (Å²) in [5.41, 5.74) is 8.15. The SMILES string of the molecule is N[C@H](Cc1ccncc1)c1ccccn1. The van der Waals surface area contributed by atoms with Crippen molar-refractivity contribution in [2.24, 2.45) is 5.73 Å². The predicted molar refractivity (Wildman–Crippen MR) is 59.1 cm³/mol. The Morgan fingerprint density at radius 1 is 1.07 bits per heavy atom. The van der Waals surface area contributed by atoms with Crippen LogP contribution in [0.4, 0.5) is 0 Å². The van der Waals surface area contributed by atoms with Crippen molar-refractivity contribution in [1.29, 1.82) is 0 Å². The molecule has 0 spiro atoms. The molecule has 3 heteroatoms. The Bertz CT molecular complexity index is 400. The summed E-state index contributed by atoms with van der Waals surface area (Å²) < 4.78 is 0. The molecule has 0 amide bonds. The van der Waals surface area contributed by atoms with Gasteiger partial charge in [-0.2, -0.15) is 0 Å². The molecule has 2 aromatic heterocycles. The van der Waals surface area contributed by atoms with Crippen molar-refractivity contribution in [2.45, 2.75) is 12.5 Å². The second-order valence-electron chi connectivity index (χ2n) is 3.42. The van der Waals surface area contributed by atoms with E-state index in [1.54, 1.807) is 18.6 Å². The van der Waals surface area contributed by atoms with Crippen LogP contribution in [0.5, 0.6) is 0 Å². The van der Waals surface area contributed by atoms with E-state index in [9.17, 15) is 0 Å². The summed E-state index contributed by atoms with van der Waals surface area (Å²) in [5, 5.41) is 0. The van der Waals surface area contributed by atoms with Gasteiger partial charge in [0.2, 0.25) is 0 Å². The van der Waals surface area contributed by atoms with E-state index in [0.29, 0.717) is 0 Å². The van der Waals surface area contributed by atoms with Crippen molar-refractivity contribution >= 4 is 0 Å². The minimum absolute atomic E-state index is 0.0476. The molecule has 0 aliphatic heterocycles. The molecule has 0 radical (unpaired) electrons. The molecular weight excluding hydrogens is 186 g/mol. The molecule has 0 saturated carbocycles. The molecule has 15 heavy (non-hydrogen) atoms. The van der Waals surface area contributed by atoms with Crippen LogP contribution in [-0.4, -0.2) is 9.97 Å². The fourth-order valence-electron chi connectivity index (χ4n) is 1.47. The molecule has 0 fully saturated rings. The van der Waals surface area contributed by atoms with Crippen molar-refractivity contribution in [3.05, 3.63) is 60.2 Å². The standard InChI is InChI=1S/C12H13N3/c13-11(12-3-1-2-6-15-12)9-10-4-7-14-8-5-10/h1-8,11H,9,13H2/t11-/m1/s1. The van der Waals surface area contributed by atoms with Crippen molar-refractivity contribution in [2.75, 3.05) is 0 Å². The van der Waals surface area contributed by atoms with E-state index in [-0.39, 0.29) is 6.04 Å². The van der Waals surface area contributed by atoms with Gasteiger partial charge < -0.3 is 5.73 Å². The summed E-state index contributed by atoms with van der Waals surface area (Å²) in [6.45, 7) is 0. The molecule has 1 atom stereocenters. The van der Waals surface area contributed by atoms with Gasteiger partial charge in [-0.15, -0.1) is 0 Å². The summed E-state index contributed by atoms with van der Waals surface area (Å²) in [4.78, 5) is 8.20. The van der Waals surface area contributed by atoms with Crippen molar-refractivity contribution in [3.63, 3.8) is 0 Å². The first-order valence-corrected chi connectivity index (χ1v) is 4.91. The summed E-state index contributed by atoms with van der Waals surface area (Å²) in [5.74, 6) is 0. The topological polar surface area (TPSA) is 51.8 Å². The maximum atomic E-state index is 6.04. The summed E-state index contributed by atoms with van der Waals surface area (Å²) in [6, 6.07) is 9.70. The third-order valence-electron chi connectivity index (χ3n) is 2.27. The van der Waals surface area contributed by atoms with Crippen LogP contribution in [0.25, 0.3) is 0 Å². The van der Waals surface area contributed by atoms with E-state index < -0.39 is 0 Å². The highest BCUT2D eigenvalue weighted by molar-refractivity contribution is 5.16. The minimum Gasteiger partial charge on any atom is -0.322 e. The molecule has 2 N–H and O–H groups in total.